The van der Waals surface area contributed by atoms with Crippen molar-refractivity contribution in [3.8, 4) is 0 Å². The minimum absolute atomic E-state index is 0.0369. The molecule has 0 saturated heterocycles. The van der Waals surface area contributed by atoms with E-state index in [9.17, 15) is 19.2 Å². The van der Waals surface area contributed by atoms with Crippen molar-refractivity contribution in [1.82, 2.24) is 39.6 Å². The van der Waals surface area contributed by atoms with Gasteiger partial charge in [-0.1, -0.05) is 268 Å². The second-order valence-electron chi connectivity index (χ2n) is 26.3. The normalized spacial score (nSPS) is 11.1. The number of primary amides is 1. The lowest BCUT2D eigenvalue weighted by atomic mass is 10.1. The van der Waals surface area contributed by atoms with Crippen LogP contribution >= 0.6 is 0 Å². The molecule has 2 aromatic carbocycles. The maximum absolute atomic E-state index is 15.3. The molecule has 0 aliphatic rings. The highest BCUT2D eigenvalue weighted by Crippen LogP contribution is 2.16. The summed E-state index contributed by atoms with van der Waals surface area (Å²) in [5, 5.41) is 3.00. The first-order valence-electron chi connectivity index (χ1n) is 37.6. The van der Waals surface area contributed by atoms with Crippen LogP contribution in [0.25, 0.3) is 0 Å². The quantitative estimate of drug-likeness (QED) is 0.0453. The van der Waals surface area contributed by atoms with Gasteiger partial charge in [-0.05, 0) is 49.7 Å². The van der Waals surface area contributed by atoms with Crippen LogP contribution in [0.2, 0.25) is 0 Å². The number of hydrogen-bond donors (Lipinski definition) is 4. The Morgan fingerprint density at radius 1 is 0.295 bits per heavy atom. The molecule has 0 atom stereocenters. The zero-order valence-corrected chi connectivity index (χ0v) is 60.2. The van der Waals surface area contributed by atoms with Crippen molar-refractivity contribution < 1.29 is 38.4 Å². The molecule has 0 aliphatic carbocycles. The Hall–Kier alpha value is -5.92. The van der Waals surface area contributed by atoms with Crippen LogP contribution in [0.3, 0.4) is 0 Å². The zero-order valence-electron chi connectivity index (χ0n) is 60.2. The molecular weight excluding hydrogens is 1190 g/mol. The lowest BCUT2D eigenvalue weighted by Gasteiger charge is -2.32. The second-order valence-corrected chi connectivity index (χ2v) is 26.3. The number of benzene rings is 2. The monoisotopic (exact) mass is 1330 g/mol. The molecule has 95 heavy (non-hydrogen) atoms. The number of hydrogen-bond acceptors (Lipinski definition) is 11. The van der Waals surface area contributed by atoms with E-state index < -0.39 is 29.5 Å². The predicted octanol–water partition coefficient (Wildman–Crippen LogP) is 10.8. The summed E-state index contributed by atoms with van der Waals surface area (Å²) in [7, 11) is 0. The van der Waals surface area contributed by atoms with Gasteiger partial charge in [0.05, 0.1) is 52.4 Å². The average Bonchev–Trinajstić information content (AvgIpc) is 1.03. The Kier molecular flexibility index (Phi) is 51.3. The Balaban J connectivity index is 2.65. The second kappa shape index (κ2) is 57.2. The van der Waals surface area contributed by atoms with Gasteiger partial charge in [0.2, 0.25) is 47.3 Å². The maximum atomic E-state index is 15.3. The van der Waals surface area contributed by atoms with Crippen LogP contribution < -0.4 is 22.5 Å². The Morgan fingerprint density at radius 3 is 0.789 bits per heavy atom. The first-order chi connectivity index (χ1) is 46.2. The molecule has 540 valence electrons. The third-order valence-electron chi connectivity index (χ3n) is 17.9. The van der Waals surface area contributed by atoms with Gasteiger partial charge < -0.3 is 56.8 Å². The van der Waals surface area contributed by atoms with Crippen molar-refractivity contribution in [3.05, 3.63) is 71.8 Å². The van der Waals surface area contributed by atoms with E-state index in [1.807, 2.05) is 60.7 Å². The molecule has 2 rings (SSSR count). The van der Waals surface area contributed by atoms with E-state index in [0.29, 0.717) is 64.7 Å². The van der Waals surface area contributed by atoms with Gasteiger partial charge in [-0.2, -0.15) is 0 Å². The number of carbonyl (C=O) groups excluding carboxylic acids is 8. The highest BCUT2D eigenvalue weighted by Gasteiger charge is 2.31. The number of nitrogens with two attached hydrogens (primary N) is 3. The lowest BCUT2D eigenvalue weighted by molar-refractivity contribution is -0.148. The van der Waals surface area contributed by atoms with Gasteiger partial charge in [-0.25, -0.2) is 0 Å². The summed E-state index contributed by atoms with van der Waals surface area (Å²) in [6.45, 7) is 9.08. The van der Waals surface area contributed by atoms with Crippen LogP contribution in [0, 0.1) is 0 Å². The standard InChI is InChI=1S/C76H133N11O8/c1-5-9-13-17-21-25-29-39-52-81(60-69(79)88)71(90)61-82(53-40-30-26-22-18-14-10-6-2)72(91)62-83(54-41-31-27-23-19-15-11-7-3)73(92)63-84(55-42-32-28-24-20-16-12-8-4)74(93)64-85(56-47-67-43-35-33-36-44-67)75(94)65-86(57-48-68-45-37-34-38-46-68)76(95)66-87(58-50-78)70(89)59-80-51-49-77/h33-38,43-46,80H,5-32,39-42,47-66,77-78H2,1-4H3,(H2,79,88). The van der Waals surface area contributed by atoms with Gasteiger partial charge in [-0.3, -0.25) is 38.4 Å². The van der Waals surface area contributed by atoms with Gasteiger partial charge in [0.1, 0.15) is 0 Å². The van der Waals surface area contributed by atoms with Gasteiger partial charge in [0.15, 0.2) is 0 Å². The summed E-state index contributed by atoms with van der Waals surface area (Å²) in [6, 6.07) is 19.3. The molecule has 0 aliphatic heterocycles. The summed E-state index contributed by atoms with van der Waals surface area (Å²) in [6.07, 6.45) is 34.0. The molecule has 0 spiro atoms. The van der Waals surface area contributed by atoms with Gasteiger partial charge in [0, 0.05) is 65.4 Å². The molecule has 19 nitrogen and oxygen atoms in total. The van der Waals surface area contributed by atoms with E-state index in [1.165, 1.54) is 77.4 Å². The molecule has 0 radical (unpaired) electrons. The van der Waals surface area contributed by atoms with Crippen molar-refractivity contribution in [2.75, 3.05) is 118 Å². The van der Waals surface area contributed by atoms with E-state index in [-0.39, 0.29) is 109 Å². The van der Waals surface area contributed by atoms with Gasteiger partial charge >= 0.3 is 0 Å². The third-order valence-corrected chi connectivity index (χ3v) is 17.9. The van der Waals surface area contributed by atoms with E-state index in [0.717, 1.165) is 133 Å². The smallest absolute Gasteiger partial charge is 0.242 e. The largest absolute Gasteiger partial charge is 0.368 e. The minimum Gasteiger partial charge on any atom is -0.368 e. The fraction of sp³-hybridized carbons (Fsp3) is 0.737. The summed E-state index contributed by atoms with van der Waals surface area (Å²) in [5.74, 6) is -3.40. The Morgan fingerprint density at radius 2 is 0.537 bits per heavy atom. The molecule has 2 aromatic rings. The van der Waals surface area contributed by atoms with E-state index in [2.05, 4.69) is 33.0 Å². The van der Waals surface area contributed by atoms with Crippen molar-refractivity contribution >= 4 is 47.3 Å². The van der Waals surface area contributed by atoms with Crippen LogP contribution in [0.1, 0.15) is 244 Å². The molecule has 0 saturated carbocycles. The van der Waals surface area contributed by atoms with Gasteiger partial charge in [-0.15, -0.1) is 0 Å². The topological polar surface area (TPSA) is 249 Å². The molecule has 0 unspecified atom stereocenters. The van der Waals surface area contributed by atoms with E-state index in [1.54, 1.807) is 14.7 Å². The fourth-order valence-corrected chi connectivity index (χ4v) is 11.9. The zero-order chi connectivity index (χ0) is 69.4. The van der Waals surface area contributed by atoms with Crippen molar-refractivity contribution in [2.45, 2.75) is 246 Å². The number of nitrogens with zero attached hydrogens (tertiary/aromatic N) is 7. The summed E-state index contributed by atoms with van der Waals surface area (Å²) in [4.78, 5) is 126. The minimum atomic E-state index is -0.616. The third kappa shape index (κ3) is 42.4. The highest BCUT2D eigenvalue weighted by molar-refractivity contribution is 5.93. The van der Waals surface area contributed by atoms with Crippen LogP contribution in [-0.4, -0.2) is 199 Å². The Labute approximate surface area is 575 Å². The molecule has 19 heteroatoms. The summed E-state index contributed by atoms with van der Waals surface area (Å²) < 4.78 is 0. The first kappa shape index (κ1) is 85.2. The van der Waals surface area contributed by atoms with Crippen LogP contribution in [0.5, 0.6) is 0 Å². The number of nitrogens with one attached hydrogen (secondary N) is 1. The molecular formula is C76H133N11O8. The number of unbranched alkanes of at least 4 members (excludes halogenated alkanes) is 28. The average molecular weight is 1330 g/mol. The van der Waals surface area contributed by atoms with Crippen molar-refractivity contribution in [1.29, 1.82) is 0 Å². The van der Waals surface area contributed by atoms with Crippen LogP contribution in [0.15, 0.2) is 60.7 Å². The van der Waals surface area contributed by atoms with Crippen molar-refractivity contribution in [2.24, 2.45) is 17.2 Å². The summed E-state index contributed by atoms with van der Waals surface area (Å²) in [5.41, 5.74) is 19.3. The first-order valence-corrected chi connectivity index (χ1v) is 37.6. The SMILES string of the molecule is CCCCCCCCCCN(CC(N)=O)C(=O)CN(CCCCCCCCCC)C(=O)CN(CCCCCCCCCC)C(=O)CN(CCCCCCCCCC)C(=O)CN(CCc1ccccc1)C(=O)CN(CCc1ccccc1)C(=O)CN(CCN)C(=O)CNCCN. The number of rotatable bonds is 62. The number of carbonyl (C=O) groups is 8. The van der Waals surface area contributed by atoms with Gasteiger partial charge in [0.25, 0.3) is 0 Å². The van der Waals surface area contributed by atoms with Crippen LogP contribution in [-0.2, 0) is 51.2 Å². The predicted molar refractivity (Wildman–Crippen MR) is 387 cm³/mol. The molecule has 0 heterocycles. The molecule has 0 bridgehead atoms. The molecule has 0 fully saturated rings. The van der Waals surface area contributed by atoms with Crippen LogP contribution in [0.4, 0.5) is 0 Å². The number of amides is 8. The van der Waals surface area contributed by atoms with E-state index in [4.69, 9.17) is 17.2 Å². The fourth-order valence-electron chi connectivity index (χ4n) is 11.9. The molecule has 0 aromatic heterocycles. The highest BCUT2D eigenvalue weighted by atomic mass is 16.2. The Bertz CT molecular complexity index is 2330. The molecule has 7 N–H and O–H groups in total. The van der Waals surface area contributed by atoms with Crippen molar-refractivity contribution in [3.63, 3.8) is 0 Å². The molecule has 8 amide bonds. The lowest BCUT2D eigenvalue weighted by Crippen LogP contribution is -2.53. The van der Waals surface area contributed by atoms with E-state index >= 15 is 19.2 Å². The summed E-state index contributed by atoms with van der Waals surface area (Å²) >= 11 is 0. The maximum Gasteiger partial charge on any atom is 0.242 e.